The van der Waals surface area contributed by atoms with Crippen LogP contribution in [0.1, 0.15) is 67.7 Å². The third-order valence-electron chi connectivity index (χ3n) is 6.90. The zero-order valence-electron chi connectivity index (χ0n) is 22.6. The van der Waals surface area contributed by atoms with Gasteiger partial charge in [0, 0.05) is 35.1 Å². The molecule has 40 heavy (non-hydrogen) atoms. The lowest BCUT2D eigenvalue weighted by Gasteiger charge is -2.23. The average molecular weight is 535 g/mol. The van der Waals surface area contributed by atoms with Crippen molar-refractivity contribution in [3.8, 4) is 18.2 Å². The molecule has 1 aliphatic rings. The molecule has 1 atom stereocenters. The molecule has 0 saturated heterocycles. The molecule has 3 heterocycles. The molecule has 3 aromatic heterocycles. The summed E-state index contributed by atoms with van der Waals surface area (Å²) in [6.07, 6.45) is 4.57. The highest BCUT2D eigenvalue weighted by atomic mass is 19.1. The van der Waals surface area contributed by atoms with Crippen LogP contribution in [0.5, 0.6) is 0 Å². The number of rotatable bonds is 7. The molecule has 0 aliphatic heterocycles. The smallest absolute Gasteiger partial charge is 0.213 e. The summed E-state index contributed by atoms with van der Waals surface area (Å²) in [5.74, 6) is -0.604. The van der Waals surface area contributed by atoms with E-state index in [1.54, 1.807) is 29.9 Å². The summed E-state index contributed by atoms with van der Waals surface area (Å²) in [4.78, 5) is 8.41. The molecule has 0 amide bonds. The molecule has 11 heteroatoms. The maximum atomic E-state index is 13.9. The number of benzene rings is 1. The number of nitrogens with zero attached hydrogens (tertiary/aromatic N) is 8. The molecule has 5 rings (SSSR count). The molecule has 1 aromatic carbocycles. The van der Waals surface area contributed by atoms with Crippen LogP contribution in [0.15, 0.2) is 36.7 Å². The van der Waals surface area contributed by atoms with Gasteiger partial charge < -0.3 is 10.6 Å². The largest absolute Gasteiger partial charge is 0.383 e. The van der Waals surface area contributed by atoms with Gasteiger partial charge in [0.2, 0.25) is 5.95 Å². The van der Waals surface area contributed by atoms with E-state index in [1.807, 2.05) is 6.07 Å². The fourth-order valence-corrected chi connectivity index (χ4v) is 4.55. The lowest BCUT2D eigenvalue weighted by molar-refractivity contribution is 0.443. The van der Waals surface area contributed by atoms with Crippen LogP contribution in [-0.2, 0) is 5.54 Å². The van der Waals surface area contributed by atoms with Crippen molar-refractivity contribution >= 4 is 22.3 Å². The van der Waals surface area contributed by atoms with Crippen LogP contribution in [0.3, 0.4) is 0 Å². The van der Waals surface area contributed by atoms with Gasteiger partial charge in [-0.2, -0.15) is 20.2 Å². The van der Waals surface area contributed by atoms with Gasteiger partial charge in [0.15, 0.2) is 5.54 Å². The second kappa shape index (κ2) is 9.91. The Morgan fingerprint density at radius 3 is 2.50 bits per heavy atom. The molecular weight excluding hydrogens is 507 g/mol. The van der Waals surface area contributed by atoms with Crippen molar-refractivity contribution in [3.63, 3.8) is 0 Å². The molecule has 0 radical (unpaired) electrons. The summed E-state index contributed by atoms with van der Waals surface area (Å²) in [6.45, 7) is 8.54. The van der Waals surface area contributed by atoms with Crippen LogP contribution in [0.25, 0.3) is 10.9 Å². The first kappa shape index (κ1) is 26.5. The third-order valence-corrected chi connectivity index (χ3v) is 6.90. The number of pyridine rings is 2. The summed E-state index contributed by atoms with van der Waals surface area (Å²) in [5, 5.41) is 45.4. The van der Waals surface area contributed by atoms with Crippen LogP contribution in [0, 0.1) is 52.3 Å². The highest BCUT2D eigenvalue weighted by molar-refractivity contribution is 5.99. The molecule has 0 spiro atoms. The van der Waals surface area contributed by atoms with Gasteiger partial charge in [-0.25, -0.2) is 9.67 Å². The predicted molar refractivity (Wildman–Crippen MR) is 146 cm³/mol. The van der Waals surface area contributed by atoms with E-state index in [4.69, 9.17) is 0 Å². The summed E-state index contributed by atoms with van der Waals surface area (Å²) in [6, 6.07) is 12.5. The number of aryl methyl sites for hydroxylation is 1. The Kier molecular flexibility index (Phi) is 6.57. The number of nitrogens with one attached hydrogen (secondary N) is 2. The molecule has 1 aliphatic carbocycles. The third kappa shape index (κ3) is 5.00. The van der Waals surface area contributed by atoms with Gasteiger partial charge in [-0.05, 0) is 43.4 Å². The zero-order chi connectivity index (χ0) is 28.7. The van der Waals surface area contributed by atoms with E-state index in [2.05, 4.69) is 69.9 Å². The molecule has 200 valence electrons. The van der Waals surface area contributed by atoms with Crippen molar-refractivity contribution < 1.29 is 4.39 Å². The van der Waals surface area contributed by atoms with Crippen LogP contribution >= 0.6 is 0 Å². The zero-order valence-corrected chi connectivity index (χ0v) is 22.6. The average Bonchev–Trinajstić information content (AvgIpc) is 3.57. The topological polar surface area (TPSA) is 152 Å². The van der Waals surface area contributed by atoms with Gasteiger partial charge in [0.05, 0.1) is 40.6 Å². The number of fused-ring (bicyclic) bond motifs is 1. The Balaban J connectivity index is 1.64. The number of hydrogen-bond acceptors (Lipinski definition) is 9. The Bertz CT molecular complexity index is 1740. The molecular formula is C29H27FN10. The molecule has 2 N–H and O–H groups in total. The van der Waals surface area contributed by atoms with Gasteiger partial charge in [-0.15, -0.1) is 5.10 Å². The van der Waals surface area contributed by atoms with Gasteiger partial charge in [-0.1, -0.05) is 32.1 Å². The fourth-order valence-electron chi connectivity index (χ4n) is 4.55. The molecule has 0 bridgehead atoms. The number of halogens is 1. The number of aromatic nitrogens is 5. The van der Waals surface area contributed by atoms with Gasteiger partial charge in [0.1, 0.15) is 17.8 Å². The number of hydrogen-bond donors (Lipinski definition) is 2. The summed E-state index contributed by atoms with van der Waals surface area (Å²) in [5.41, 5.74) is 3.15. The minimum absolute atomic E-state index is 0.0668. The lowest BCUT2D eigenvalue weighted by atomic mass is 9.96. The van der Waals surface area contributed by atoms with E-state index < -0.39 is 17.5 Å². The minimum Gasteiger partial charge on any atom is -0.383 e. The van der Waals surface area contributed by atoms with Crippen molar-refractivity contribution in [2.45, 2.75) is 52.1 Å². The van der Waals surface area contributed by atoms with E-state index >= 15 is 0 Å². The quantitative estimate of drug-likeness (QED) is 0.309. The van der Waals surface area contributed by atoms with Crippen molar-refractivity contribution in [1.29, 1.82) is 15.8 Å². The monoisotopic (exact) mass is 534 g/mol. The fraction of sp³-hybridized carbons (Fsp3) is 0.345. The molecule has 1 saturated carbocycles. The Labute approximate surface area is 231 Å². The molecule has 4 aromatic rings. The van der Waals surface area contributed by atoms with Gasteiger partial charge in [0.25, 0.3) is 0 Å². The van der Waals surface area contributed by atoms with Crippen LogP contribution in [0.4, 0.5) is 15.8 Å². The van der Waals surface area contributed by atoms with E-state index in [9.17, 15) is 20.2 Å². The Hall–Kier alpha value is -5.08. The van der Waals surface area contributed by atoms with Crippen LogP contribution < -0.4 is 10.6 Å². The normalized spacial score (nSPS) is 14.6. The molecule has 0 unspecified atom stereocenters. The van der Waals surface area contributed by atoms with Crippen LogP contribution in [-0.4, -0.2) is 31.5 Å². The summed E-state index contributed by atoms with van der Waals surface area (Å²) in [7, 11) is 0. The van der Waals surface area contributed by atoms with Crippen molar-refractivity contribution in [2.24, 2.45) is 5.41 Å². The van der Waals surface area contributed by atoms with Crippen LogP contribution in [0.2, 0.25) is 0 Å². The highest BCUT2D eigenvalue weighted by Crippen LogP contribution is 2.42. The summed E-state index contributed by atoms with van der Waals surface area (Å²) < 4.78 is 15.5. The lowest BCUT2D eigenvalue weighted by Crippen LogP contribution is -2.20. The highest BCUT2D eigenvalue weighted by Gasteiger charge is 2.47. The standard InChI is InChI=1S/C29H27FN10/c1-17-21(5-6-24(30)36-17)27(23-14-40(39-38-23)29(15-33)7-8-29)37-20-9-18(11-31)25-22(10-20)26(19(12-32)13-34-25)35-16-28(2,3)4/h5-6,9-10,13-14,27,37H,7-8,16H2,1-4H3,(H,34,35)/t27-/m0/s1. The van der Waals surface area contributed by atoms with E-state index in [-0.39, 0.29) is 5.41 Å². The van der Waals surface area contributed by atoms with Crippen molar-refractivity contribution in [3.05, 3.63) is 70.7 Å². The van der Waals surface area contributed by atoms with E-state index in [0.29, 0.717) is 69.7 Å². The van der Waals surface area contributed by atoms with Crippen molar-refractivity contribution in [1.82, 2.24) is 25.0 Å². The molecule has 1 fully saturated rings. The van der Waals surface area contributed by atoms with E-state index in [1.165, 1.54) is 12.3 Å². The SMILES string of the molecule is Cc1nc(F)ccc1[C@H](Nc1cc(C#N)c2ncc(C#N)c(NCC(C)(C)C)c2c1)c1cn(C2(C#N)CC2)nn1. The number of anilines is 2. The second-order valence-corrected chi connectivity index (χ2v) is 11.2. The minimum atomic E-state index is -0.699. The Morgan fingerprint density at radius 2 is 1.88 bits per heavy atom. The van der Waals surface area contributed by atoms with Gasteiger partial charge in [-0.3, -0.25) is 4.98 Å². The second-order valence-electron chi connectivity index (χ2n) is 11.2. The predicted octanol–water partition coefficient (Wildman–Crippen LogP) is 5.08. The molecule has 10 nitrogen and oxygen atoms in total. The first-order valence-electron chi connectivity index (χ1n) is 12.8. The van der Waals surface area contributed by atoms with E-state index in [0.717, 1.165) is 0 Å². The van der Waals surface area contributed by atoms with Gasteiger partial charge >= 0.3 is 0 Å². The summed E-state index contributed by atoms with van der Waals surface area (Å²) >= 11 is 0. The first-order valence-corrected chi connectivity index (χ1v) is 12.8. The number of nitriles is 3. The maximum Gasteiger partial charge on any atom is 0.213 e. The first-order chi connectivity index (χ1) is 19.1. The van der Waals surface area contributed by atoms with Crippen molar-refractivity contribution in [2.75, 3.05) is 17.2 Å². The Morgan fingerprint density at radius 1 is 1.12 bits per heavy atom. The maximum absolute atomic E-state index is 13.9.